The summed E-state index contributed by atoms with van der Waals surface area (Å²) in [6.45, 7) is 3.05. The van der Waals surface area contributed by atoms with E-state index in [9.17, 15) is 19.7 Å². The maximum Gasteiger partial charge on any atom is 0.408 e. The molecular formula is C22H25N3O5. The molecule has 30 heavy (non-hydrogen) atoms. The van der Waals surface area contributed by atoms with Crippen LogP contribution in [0.25, 0.3) is 0 Å². The molecule has 2 unspecified atom stereocenters. The Morgan fingerprint density at radius 3 is 2.17 bits per heavy atom. The number of nitro groups is 1. The second-order valence-electron chi connectivity index (χ2n) is 6.81. The van der Waals surface area contributed by atoms with Gasteiger partial charge in [-0.1, -0.05) is 60.7 Å². The number of amides is 2. The summed E-state index contributed by atoms with van der Waals surface area (Å²) in [4.78, 5) is 35.3. The third-order valence-electron chi connectivity index (χ3n) is 4.25. The molecule has 2 aromatic rings. The molecule has 0 saturated heterocycles. The van der Waals surface area contributed by atoms with Gasteiger partial charge in [-0.25, -0.2) is 4.79 Å². The van der Waals surface area contributed by atoms with Crippen molar-refractivity contribution in [1.82, 2.24) is 10.6 Å². The second-order valence-corrected chi connectivity index (χ2v) is 6.81. The summed E-state index contributed by atoms with van der Waals surface area (Å²) in [6.07, 6.45) is 0.864. The highest BCUT2D eigenvalue weighted by molar-refractivity contribution is 5.86. The molecule has 0 aromatic heterocycles. The number of ether oxygens (including phenoxy) is 1. The molecule has 2 amide bonds. The van der Waals surface area contributed by atoms with Crippen molar-refractivity contribution < 1.29 is 19.2 Å². The first kappa shape index (κ1) is 22.6. The summed E-state index contributed by atoms with van der Waals surface area (Å²) in [5.41, 5.74) is 1.61. The number of benzene rings is 2. The van der Waals surface area contributed by atoms with E-state index >= 15 is 0 Å². The van der Waals surface area contributed by atoms with Crippen LogP contribution in [0.1, 0.15) is 25.0 Å². The Bertz CT molecular complexity index is 884. The molecule has 2 rings (SSSR count). The number of carbonyl (C=O) groups is 2. The third-order valence-corrected chi connectivity index (χ3v) is 4.25. The lowest BCUT2D eigenvalue weighted by molar-refractivity contribution is -0.424. The zero-order valence-corrected chi connectivity index (χ0v) is 16.9. The first-order valence-electron chi connectivity index (χ1n) is 9.49. The van der Waals surface area contributed by atoms with Gasteiger partial charge in [-0.2, -0.15) is 0 Å². The molecule has 8 nitrogen and oxygen atoms in total. The van der Waals surface area contributed by atoms with E-state index in [1.54, 1.807) is 6.92 Å². The summed E-state index contributed by atoms with van der Waals surface area (Å²) in [7, 11) is 0. The van der Waals surface area contributed by atoms with Gasteiger partial charge in [-0.05, 0) is 18.1 Å². The Morgan fingerprint density at radius 2 is 1.60 bits per heavy atom. The van der Waals surface area contributed by atoms with Crippen LogP contribution < -0.4 is 10.6 Å². The topological polar surface area (TPSA) is 111 Å². The molecule has 158 valence electrons. The molecule has 0 spiro atoms. The van der Waals surface area contributed by atoms with Crippen molar-refractivity contribution in [3.63, 3.8) is 0 Å². The summed E-state index contributed by atoms with van der Waals surface area (Å²) < 4.78 is 5.22. The predicted molar refractivity (Wildman–Crippen MR) is 112 cm³/mol. The molecule has 0 bridgehead atoms. The van der Waals surface area contributed by atoms with E-state index in [4.69, 9.17) is 4.74 Å². The van der Waals surface area contributed by atoms with Gasteiger partial charge >= 0.3 is 6.09 Å². The highest BCUT2D eigenvalue weighted by Gasteiger charge is 2.23. The molecule has 0 radical (unpaired) electrons. The molecule has 2 N–H and O–H groups in total. The third kappa shape index (κ3) is 7.75. The largest absolute Gasteiger partial charge is 0.445 e. The number of carbonyl (C=O) groups excluding carboxylic acids is 2. The van der Waals surface area contributed by atoms with Gasteiger partial charge in [0.2, 0.25) is 11.6 Å². The fourth-order valence-electron chi connectivity index (χ4n) is 2.76. The monoisotopic (exact) mass is 411 g/mol. The van der Waals surface area contributed by atoms with E-state index in [0.717, 1.165) is 11.1 Å². The lowest BCUT2D eigenvalue weighted by atomic mass is 10.1. The minimum atomic E-state index is -0.901. The van der Waals surface area contributed by atoms with E-state index in [1.807, 2.05) is 60.7 Å². The Kier molecular flexibility index (Phi) is 8.56. The van der Waals surface area contributed by atoms with Crippen molar-refractivity contribution in [2.24, 2.45) is 0 Å². The summed E-state index contributed by atoms with van der Waals surface area (Å²) in [6, 6.07) is 16.9. The van der Waals surface area contributed by atoms with E-state index < -0.39 is 29.0 Å². The standard InChI is InChI=1S/C22H25N3O5/c1-16(13-17(2)25(28)29)23-21(26)20(14-18-9-5-3-6-10-18)24-22(27)30-15-19-11-7-4-8-12-19/h3-13,16,20H,14-15H2,1-2H3,(H,23,26)(H,24,27). The van der Waals surface area contributed by atoms with Crippen molar-refractivity contribution in [3.05, 3.63) is 93.7 Å². The lowest BCUT2D eigenvalue weighted by Crippen LogP contribution is -2.50. The van der Waals surface area contributed by atoms with Crippen LogP contribution in [-0.2, 0) is 22.6 Å². The Labute approximate surface area is 175 Å². The van der Waals surface area contributed by atoms with Crippen molar-refractivity contribution in [3.8, 4) is 0 Å². The van der Waals surface area contributed by atoms with Crippen LogP contribution in [0.3, 0.4) is 0 Å². The van der Waals surface area contributed by atoms with Gasteiger partial charge in [0, 0.05) is 19.4 Å². The van der Waals surface area contributed by atoms with Crippen LogP contribution in [-0.4, -0.2) is 29.0 Å². The number of hydrogen-bond acceptors (Lipinski definition) is 5. The summed E-state index contributed by atoms with van der Waals surface area (Å²) in [5, 5.41) is 16.0. The molecule has 0 aliphatic carbocycles. The minimum Gasteiger partial charge on any atom is -0.445 e. The second kappa shape index (κ2) is 11.4. The van der Waals surface area contributed by atoms with Gasteiger partial charge in [0.15, 0.2) is 0 Å². The molecule has 0 fully saturated rings. The fourth-order valence-corrected chi connectivity index (χ4v) is 2.76. The Balaban J connectivity index is 2.03. The predicted octanol–water partition coefficient (Wildman–Crippen LogP) is 3.21. The van der Waals surface area contributed by atoms with Gasteiger partial charge in [0.1, 0.15) is 12.6 Å². The number of alkyl carbamates (subject to hydrolysis) is 1. The van der Waals surface area contributed by atoms with Gasteiger partial charge in [-0.3, -0.25) is 14.9 Å². The van der Waals surface area contributed by atoms with E-state index in [2.05, 4.69) is 10.6 Å². The van der Waals surface area contributed by atoms with E-state index in [0.29, 0.717) is 0 Å². The summed E-state index contributed by atoms with van der Waals surface area (Å²) in [5.74, 6) is -0.463. The molecule has 0 aliphatic rings. The normalized spacial score (nSPS) is 13.1. The molecule has 2 atom stereocenters. The van der Waals surface area contributed by atoms with Crippen LogP contribution in [0.4, 0.5) is 4.79 Å². The molecule has 8 heteroatoms. The van der Waals surface area contributed by atoms with Gasteiger partial charge in [0.05, 0.1) is 11.0 Å². The fraction of sp³-hybridized carbons (Fsp3) is 0.273. The molecule has 0 saturated carbocycles. The summed E-state index contributed by atoms with van der Waals surface area (Å²) >= 11 is 0. The first-order valence-corrected chi connectivity index (χ1v) is 9.49. The number of allylic oxidation sites excluding steroid dienone is 1. The maximum absolute atomic E-state index is 12.7. The first-order chi connectivity index (χ1) is 14.3. The molecule has 2 aromatic carbocycles. The zero-order chi connectivity index (χ0) is 21.9. The van der Waals surface area contributed by atoms with E-state index in [-0.39, 0.29) is 18.7 Å². The van der Waals surface area contributed by atoms with Crippen LogP contribution >= 0.6 is 0 Å². The quantitative estimate of drug-likeness (QED) is 0.486. The molecule has 0 aliphatic heterocycles. The maximum atomic E-state index is 12.7. The SMILES string of the molecule is CC(=CC(C)NC(=O)C(Cc1ccccc1)NC(=O)OCc1ccccc1)[N+](=O)[O-]. The number of hydrogen-bond donors (Lipinski definition) is 2. The number of nitrogens with one attached hydrogen (secondary N) is 2. The van der Waals surface area contributed by atoms with Gasteiger partial charge in [0.25, 0.3) is 0 Å². The number of nitrogens with zero attached hydrogens (tertiary/aromatic N) is 1. The van der Waals surface area contributed by atoms with Crippen molar-refractivity contribution >= 4 is 12.0 Å². The van der Waals surface area contributed by atoms with Crippen LogP contribution in [0.15, 0.2) is 72.4 Å². The highest BCUT2D eigenvalue weighted by atomic mass is 16.6. The van der Waals surface area contributed by atoms with E-state index in [1.165, 1.54) is 13.0 Å². The average molecular weight is 411 g/mol. The lowest BCUT2D eigenvalue weighted by Gasteiger charge is -2.20. The van der Waals surface area contributed by atoms with Gasteiger partial charge in [-0.15, -0.1) is 0 Å². The van der Waals surface area contributed by atoms with Gasteiger partial charge < -0.3 is 15.4 Å². The van der Waals surface area contributed by atoms with Crippen LogP contribution in [0.5, 0.6) is 0 Å². The van der Waals surface area contributed by atoms with Crippen LogP contribution in [0, 0.1) is 10.1 Å². The number of rotatable bonds is 9. The smallest absolute Gasteiger partial charge is 0.408 e. The van der Waals surface area contributed by atoms with Crippen molar-refractivity contribution in [2.45, 2.75) is 39.0 Å². The highest BCUT2D eigenvalue weighted by Crippen LogP contribution is 2.06. The Morgan fingerprint density at radius 1 is 1.03 bits per heavy atom. The van der Waals surface area contributed by atoms with Crippen molar-refractivity contribution in [1.29, 1.82) is 0 Å². The Hall–Kier alpha value is -3.68. The van der Waals surface area contributed by atoms with Crippen LogP contribution in [0.2, 0.25) is 0 Å². The van der Waals surface area contributed by atoms with Crippen molar-refractivity contribution in [2.75, 3.05) is 0 Å². The molecule has 0 heterocycles. The minimum absolute atomic E-state index is 0.0716. The molecular weight excluding hydrogens is 386 g/mol. The zero-order valence-electron chi connectivity index (χ0n) is 16.9. The average Bonchev–Trinajstić information content (AvgIpc) is 2.73.